The van der Waals surface area contributed by atoms with E-state index < -0.39 is 0 Å². The second-order valence-corrected chi connectivity index (χ2v) is 5.12. The summed E-state index contributed by atoms with van der Waals surface area (Å²) in [5.74, 6) is 0. The van der Waals surface area contributed by atoms with Crippen LogP contribution in [0.4, 0.5) is 0 Å². The number of ether oxygens (including phenoxy) is 1. The van der Waals surface area contributed by atoms with Crippen LogP contribution in [0.25, 0.3) is 0 Å². The number of rotatable bonds is 6. The van der Waals surface area contributed by atoms with Crippen LogP contribution >= 0.6 is 0 Å². The predicted octanol–water partition coefficient (Wildman–Crippen LogP) is 1.79. The minimum Gasteiger partial charge on any atom is -0.395 e. The van der Waals surface area contributed by atoms with Crippen LogP contribution in [0.15, 0.2) is 0 Å². The fraction of sp³-hybridized carbons (Fsp3) is 1.00. The molecule has 1 atom stereocenters. The molecule has 1 N–H and O–H groups in total. The lowest BCUT2D eigenvalue weighted by Crippen LogP contribution is -2.37. The van der Waals surface area contributed by atoms with Gasteiger partial charge in [-0.2, -0.15) is 0 Å². The van der Waals surface area contributed by atoms with Crippen molar-refractivity contribution < 1.29 is 9.84 Å². The highest BCUT2D eigenvalue weighted by Crippen LogP contribution is 2.24. The Balaban J connectivity index is 1.72. The predicted molar refractivity (Wildman–Crippen MR) is 64.5 cm³/mol. The van der Waals surface area contributed by atoms with E-state index in [1.807, 2.05) is 0 Å². The summed E-state index contributed by atoms with van der Waals surface area (Å²) in [5, 5.41) is 9.12. The maximum Gasteiger partial charge on any atom is 0.0588 e. The van der Waals surface area contributed by atoms with Crippen molar-refractivity contribution in [3.8, 4) is 0 Å². The first-order chi connectivity index (χ1) is 7.90. The summed E-state index contributed by atoms with van der Waals surface area (Å²) < 4.78 is 5.65. The van der Waals surface area contributed by atoms with Crippen LogP contribution in [-0.2, 0) is 4.74 Å². The standard InChI is InChI=1S/C13H25NO2/c15-10-9-14(12-4-1-2-5-12)8-7-13-6-3-11-16-13/h12-13,15H,1-11H2. The second-order valence-electron chi connectivity index (χ2n) is 5.12. The highest BCUT2D eigenvalue weighted by Gasteiger charge is 2.23. The van der Waals surface area contributed by atoms with Gasteiger partial charge in [-0.15, -0.1) is 0 Å². The van der Waals surface area contributed by atoms with Crippen LogP contribution in [0.5, 0.6) is 0 Å². The van der Waals surface area contributed by atoms with E-state index in [0.717, 1.165) is 32.2 Å². The van der Waals surface area contributed by atoms with Crippen molar-refractivity contribution in [3.63, 3.8) is 0 Å². The van der Waals surface area contributed by atoms with Crippen LogP contribution in [-0.4, -0.2) is 48.5 Å². The van der Waals surface area contributed by atoms with E-state index in [-0.39, 0.29) is 0 Å². The molecule has 1 saturated carbocycles. The molecule has 2 rings (SSSR count). The molecule has 0 amide bonds. The largest absolute Gasteiger partial charge is 0.395 e. The average Bonchev–Trinajstić information content (AvgIpc) is 2.96. The average molecular weight is 227 g/mol. The van der Waals surface area contributed by atoms with Crippen molar-refractivity contribution in [1.82, 2.24) is 4.90 Å². The van der Waals surface area contributed by atoms with E-state index >= 15 is 0 Å². The Morgan fingerprint density at radius 1 is 1.06 bits per heavy atom. The maximum absolute atomic E-state index is 9.12. The van der Waals surface area contributed by atoms with Gasteiger partial charge in [-0.1, -0.05) is 12.8 Å². The van der Waals surface area contributed by atoms with Gasteiger partial charge in [-0.05, 0) is 32.1 Å². The maximum atomic E-state index is 9.12. The molecule has 0 spiro atoms. The third-order valence-corrected chi connectivity index (χ3v) is 3.99. The van der Waals surface area contributed by atoms with E-state index in [9.17, 15) is 0 Å². The lowest BCUT2D eigenvalue weighted by molar-refractivity contribution is 0.0786. The Kier molecular flexibility index (Phi) is 5.07. The summed E-state index contributed by atoms with van der Waals surface area (Å²) in [5.41, 5.74) is 0. The number of aliphatic hydroxyl groups excluding tert-OH is 1. The molecule has 3 heteroatoms. The monoisotopic (exact) mass is 227 g/mol. The molecule has 0 aromatic rings. The Labute approximate surface area is 98.8 Å². The van der Waals surface area contributed by atoms with Crippen molar-refractivity contribution in [2.45, 2.75) is 57.1 Å². The number of nitrogens with zero attached hydrogens (tertiary/aromatic N) is 1. The lowest BCUT2D eigenvalue weighted by Gasteiger charge is -2.28. The van der Waals surface area contributed by atoms with Crippen molar-refractivity contribution in [2.24, 2.45) is 0 Å². The number of hydrogen-bond donors (Lipinski definition) is 1. The van der Waals surface area contributed by atoms with Crippen LogP contribution in [0.3, 0.4) is 0 Å². The first-order valence-electron chi connectivity index (χ1n) is 6.86. The molecule has 0 radical (unpaired) electrons. The summed E-state index contributed by atoms with van der Waals surface area (Å²) in [6, 6.07) is 0.730. The van der Waals surface area contributed by atoms with Crippen LogP contribution in [0.2, 0.25) is 0 Å². The smallest absolute Gasteiger partial charge is 0.0588 e. The van der Waals surface area contributed by atoms with Gasteiger partial charge in [0, 0.05) is 25.7 Å². The molecule has 0 aromatic heterocycles. The van der Waals surface area contributed by atoms with Gasteiger partial charge in [0.15, 0.2) is 0 Å². The normalized spacial score (nSPS) is 27.0. The molecule has 1 aliphatic carbocycles. The molecule has 1 heterocycles. The third-order valence-electron chi connectivity index (χ3n) is 3.99. The fourth-order valence-electron chi connectivity index (χ4n) is 3.06. The van der Waals surface area contributed by atoms with Gasteiger partial charge in [0.1, 0.15) is 0 Å². The summed E-state index contributed by atoms with van der Waals surface area (Å²) in [4.78, 5) is 2.48. The third kappa shape index (κ3) is 3.44. The van der Waals surface area contributed by atoms with Gasteiger partial charge < -0.3 is 9.84 Å². The molecule has 0 aromatic carbocycles. The highest BCUT2D eigenvalue weighted by molar-refractivity contribution is 4.78. The lowest BCUT2D eigenvalue weighted by atomic mass is 10.1. The summed E-state index contributed by atoms with van der Waals surface area (Å²) >= 11 is 0. The van der Waals surface area contributed by atoms with Crippen molar-refractivity contribution >= 4 is 0 Å². The molecular formula is C13H25NO2. The quantitative estimate of drug-likeness (QED) is 0.751. The topological polar surface area (TPSA) is 32.7 Å². The highest BCUT2D eigenvalue weighted by atomic mass is 16.5. The van der Waals surface area contributed by atoms with Gasteiger partial charge >= 0.3 is 0 Å². The Morgan fingerprint density at radius 2 is 1.88 bits per heavy atom. The molecule has 1 saturated heterocycles. The van der Waals surface area contributed by atoms with Gasteiger partial charge in [-0.3, -0.25) is 4.90 Å². The minimum atomic E-state index is 0.294. The Bertz CT molecular complexity index is 186. The van der Waals surface area contributed by atoms with Gasteiger partial charge in [0.25, 0.3) is 0 Å². The molecule has 3 nitrogen and oxygen atoms in total. The molecule has 0 bridgehead atoms. The summed E-state index contributed by atoms with van der Waals surface area (Å²) in [7, 11) is 0. The molecule has 16 heavy (non-hydrogen) atoms. The first-order valence-corrected chi connectivity index (χ1v) is 6.86. The molecule has 1 unspecified atom stereocenters. The molecule has 2 fully saturated rings. The van der Waals surface area contributed by atoms with E-state index in [0.29, 0.717) is 12.7 Å². The van der Waals surface area contributed by atoms with Crippen LogP contribution in [0, 0.1) is 0 Å². The van der Waals surface area contributed by atoms with E-state index in [4.69, 9.17) is 9.84 Å². The van der Waals surface area contributed by atoms with Crippen molar-refractivity contribution in [1.29, 1.82) is 0 Å². The Morgan fingerprint density at radius 3 is 2.50 bits per heavy atom. The summed E-state index contributed by atoms with van der Waals surface area (Å²) in [6.45, 7) is 3.20. The van der Waals surface area contributed by atoms with Crippen LogP contribution < -0.4 is 0 Å². The van der Waals surface area contributed by atoms with E-state index in [2.05, 4.69) is 4.90 Å². The van der Waals surface area contributed by atoms with Gasteiger partial charge in [-0.25, -0.2) is 0 Å². The van der Waals surface area contributed by atoms with Crippen LogP contribution in [0.1, 0.15) is 44.9 Å². The zero-order valence-electron chi connectivity index (χ0n) is 10.2. The van der Waals surface area contributed by atoms with E-state index in [1.54, 1.807) is 0 Å². The van der Waals surface area contributed by atoms with E-state index in [1.165, 1.54) is 38.5 Å². The second kappa shape index (κ2) is 6.58. The number of aliphatic hydroxyl groups is 1. The first kappa shape index (κ1) is 12.3. The van der Waals surface area contributed by atoms with Gasteiger partial charge in [0.2, 0.25) is 0 Å². The van der Waals surface area contributed by atoms with Crippen molar-refractivity contribution in [3.05, 3.63) is 0 Å². The van der Waals surface area contributed by atoms with Gasteiger partial charge in [0.05, 0.1) is 12.7 Å². The fourth-order valence-corrected chi connectivity index (χ4v) is 3.06. The summed E-state index contributed by atoms with van der Waals surface area (Å²) in [6.07, 6.45) is 9.49. The SMILES string of the molecule is OCCN(CCC1CCCO1)C1CCCC1. The number of hydrogen-bond acceptors (Lipinski definition) is 3. The Hall–Kier alpha value is -0.120. The zero-order valence-corrected chi connectivity index (χ0v) is 10.2. The molecule has 94 valence electrons. The van der Waals surface area contributed by atoms with Crippen molar-refractivity contribution in [2.75, 3.05) is 26.3 Å². The molecule has 2 aliphatic rings. The minimum absolute atomic E-state index is 0.294. The molecular weight excluding hydrogens is 202 g/mol. The molecule has 1 aliphatic heterocycles. The zero-order chi connectivity index (χ0) is 11.2.